The zero-order chi connectivity index (χ0) is 9.26. The SMILES string of the molecule is O=[PH](F)c1ccc2ccccc2c1. The van der Waals surface area contributed by atoms with Crippen molar-refractivity contribution in [2.75, 3.05) is 0 Å². The molecule has 1 nitrogen and oxygen atoms in total. The molecule has 1 unspecified atom stereocenters. The largest absolute Gasteiger partial charge is 0.286 e. The first-order valence-corrected chi connectivity index (χ1v) is 5.24. The van der Waals surface area contributed by atoms with Crippen molar-refractivity contribution in [2.45, 2.75) is 0 Å². The lowest BCUT2D eigenvalue weighted by molar-refractivity contribution is 0.567. The Bertz CT molecular complexity index is 467. The minimum atomic E-state index is -3.05. The molecule has 0 aromatic heterocycles. The fourth-order valence-corrected chi connectivity index (χ4v) is 1.79. The van der Waals surface area contributed by atoms with Crippen LogP contribution in [0.5, 0.6) is 0 Å². The molecule has 0 radical (unpaired) electrons. The van der Waals surface area contributed by atoms with E-state index in [0.717, 1.165) is 10.8 Å². The molecule has 2 aromatic carbocycles. The number of hydrogen-bond donors (Lipinski definition) is 0. The molecule has 0 heterocycles. The van der Waals surface area contributed by atoms with Gasteiger partial charge >= 0.3 is 0 Å². The summed E-state index contributed by atoms with van der Waals surface area (Å²) in [6.45, 7) is 0. The van der Waals surface area contributed by atoms with E-state index in [-0.39, 0.29) is 0 Å². The molecule has 0 fully saturated rings. The van der Waals surface area contributed by atoms with Gasteiger partial charge in [0.25, 0.3) is 8.11 Å². The zero-order valence-corrected chi connectivity index (χ0v) is 7.83. The normalized spacial score (nSPS) is 13.0. The summed E-state index contributed by atoms with van der Waals surface area (Å²) in [5, 5.41) is 2.26. The number of fused-ring (bicyclic) bond motifs is 1. The predicted molar refractivity (Wildman–Crippen MR) is 53.7 cm³/mol. The van der Waals surface area contributed by atoms with Crippen LogP contribution in [0, 0.1) is 0 Å². The summed E-state index contributed by atoms with van der Waals surface area (Å²) in [6, 6.07) is 12.6. The highest BCUT2D eigenvalue weighted by molar-refractivity contribution is 7.47. The summed E-state index contributed by atoms with van der Waals surface area (Å²) in [4.78, 5) is 0. The minimum absolute atomic E-state index is 0.295. The third-order valence-electron chi connectivity index (χ3n) is 1.98. The molecule has 0 spiro atoms. The van der Waals surface area contributed by atoms with E-state index >= 15 is 0 Å². The molecule has 0 bridgehead atoms. The van der Waals surface area contributed by atoms with E-state index in [0.29, 0.717) is 5.30 Å². The highest BCUT2D eigenvalue weighted by atomic mass is 31.1. The van der Waals surface area contributed by atoms with Gasteiger partial charge in [-0.15, -0.1) is 0 Å². The van der Waals surface area contributed by atoms with Crippen molar-refractivity contribution in [2.24, 2.45) is 0 Å². The number of hydrogen-bond acceptors (Lipinski definition) is 1. The fourth-order valence-electron chi connectivity index (χ4n) is 1.31. The fraction of sp³-hybridized carbons (Fsp3) is 0. The van der Waals surface area contributed by atoms with Crippen molar-refractivity contribution in [3.63, 3.8) is 0 Å². The minimum Gasteiger partial charge on any atom is -0.286 e. The van der Waals surface area contributed by atoms with E-state index in [1.54, 1.807) is 18.2 Å². The summed E-state index contributed by atoms with van der Waals surface area (Å²) < 4.78 is 23.1. The summed E-state index contributed by atoms with van der Waals surface area (Å²) in [7, 11) is -3.05. The van der Waals surface area contributed by atoms with Gasteiger partial charge in [0.1, 0.15) is 0 Å². The van der Waals surface area contributed by atoms with Gasteiger partial charge in [-0.25, -0.2) is 0 Å². The maximum atomic E-state index is 12.5. The van der Waals surface area contributed by atoms with Crippen LogP contribution >= 0.6 is 8.11 Å². The van der Waals surface area contributed by atoms with Gasteiger partial charge in [0.05, 0.1) is 0 Å². The van der Waals surface area contributed by atoms with Crippen LogP contribution in [0.3, 0.4) is 0 Å². The Kier molecular flexibility index (Phi) is 2.15. The molecule has 2 aromatic rings. The maximum Gasteiger partial charge on any atom is 0.261 e. The van der Waals surface area contributed by atoms with Gasteiger partial charge in [-0.1, -0.05) is 30.3 Å². The van der Waals surface area contributed by atoms with Crippen molar-refractivity contribution in [3.05, 3.63) is 42.5 Å². The predicted octanol–water partition coefficient (Wildman–Crippen LogP) is 2.91. The molecule has 3 heteroatoms. The van der Waals surface area contributed by atoms with Crippen molar-refractivity contribution >= 4 is 24.2 Å². The third kappa shape index (κ3) is 1.63. The topological polar surface area (TPSA) is 17.1 Å². The quantitative estimate of drug-likeness (QED) is 0.638. The van der Waals surface area contributed by atoms with Crippen molar-refractivity contribution in [3.8, 4) is 0 Å². The van der Waals surface area contributed by atoms with Crippen LogP contribution < -0.4 is 5.30 Å². The Morgan fingerprint density at radius 2 is 1.69 bits per heavy atom. The molecule has 0 saturated carbocycles. The first kappa shape index (κ1) is 8.46. The summed E-state index contributed by atoms with van der Waals surface area (Å²) >= 11 is 0. The molecule has 0 aliphatic rings. The molecule has 0 aliphatic heterocycles. The molecule has 0 saturated heterocycles. The maximum absolute atomic E-state index is 12.5. The Hall–Kier alpha value is -1.14. The Morgan fingerprint density at radius 3 is 2.38 bits per heavy atom. The lowest BCUT2D eigenvalue weighted by Crippen LogP contribution is -1.91. The Morgan fingerprint density at radius 1 is 1.00 bits per heavy atom. The van der Waals surface area contributed by atoms with Crippen molar-refractivity contribution < 1.29 is 8.76 Å². The lowest BCUT2D eigenvalue weighted by Gasteiger charge is -1.98. The second-order valence-electron chi connectivity index (χ2n) is 2.84. The Labute approximate surface area is 76.1 Å². The van der Waals surface area contributed by atoms with E-state index in [2.05, 4.69) is 0 Å². The van der Waals surface area contributed by atoms with E-state index in [1.807, 2.05) is 24.3 Å². The first-order valence-electron chi connectivity index (χ1n) is 3.96. The van der Waals surface area contributed by atoms with Crippen LogP contribution in [0.4, 0.5) is 4.20 Å². The van der Waals surface area contributed by atoms with Crippen LogP contribution in [0.2, 0.25) is 0 Å². The Balaban J connectivity index is 2.69. The van der Waals surface area contributed by atoms with E-state index in [1.165, 1.54) is 0 Å². The average Bonchev–Trinajstić information content (AvgIpc) is 2.17. The monoisotopic (exact) mass is 194 g/mol. The highest BCUT2D eigenvalue weighted by Crippen LogP contribution is 2.23. The van der Waals surface area contributed by atoms with Crippen LogP contribution in [0.15, 0.2) is 42.5 Å². The smallest absolute Gasteiger partial charge is 0.261 e. The second-order valence-corrected chi connectivity index (χ2v) is 3.96. The van der Waals surface area contributed by atoms with Crippen LogP contribution in [0.25, 0.3) is 10.8 Å². The van der Waals surface area contributed by atoms with E-state index in [9.17, 15) is 8.76 Å². The van der Waals surface area contributed by atoms with E-state index in [4.69, 9.17) is 0 Å². The summed E-state index contributed by atoms with van der Waals surface area (Å²) in [5.74, 6) is 0. The van der Waals surface area contributed by atoms with Crippen LogP contribution in [-0.2, 0) is 4.57 Å². The van der Waals surface area contributed by atoms with Gasteiger partial charge in [0, 0.05) is 5.30 Å². The zero-order valence-electron chi connectivity index (χ0n) is 6.83. The number of rotatable bonds is 1. The molecule has 0 N–H and O–H groups in total. The number of halogens is 1. The highest BCUT2D eigenvalue weighted by Gasteiger charge is 2.00. The van der Waals surface area contributed by atoms with Gasteiger partial charge in [-0.2, -0.15) is 4.20 Å². The molecule has 13 heavy (non-hydrogen) atoms. The van der Waals surface area contributed by atoms with Crippen LogP contribution in [-0.4, -0.2) is 0 Å². The van der Waals surface area contributed by atoms with Gasteiger partial charge < -0.3 is 0 Å². The van der Waals surface area contributed by atoms with Crippen molar-refractivity contribution in [1.29, 1.82) is 0 Å². The van der Waals surface area contributed by atoms with Crippen molar-refractivity contribution in [1.82, 2.24) is 0 Å². The van der Waals surface area contributed by atoms with Gasteiger partial charge in [-0.05, 0) is 22.9 Å². The molecule has 66 valence electrons. The molecule has 2 rings (SSSR count). The number of benzene rings is 2. The first-order chi connectivity index (χ1) is 6.27. The second kappa shape index (κ2) is 3.31. The van der Waals surface area contributed by atoms with Gasteiger partial charge in [0.15, 0.2) is 0 Å². The molecule has 0 aliphatic carbocycles. The molecule has 0 amide bonds. The average molecular weight is 194 g/mol. The van der Waals surface area contributed by atoms with Crippen LogP contribution in [0.1, 0.15) is 0 Å². The summed E-state index contributed by atoms with van der Waals surface area (Å²) in [5.41, 5.74) is 0. The van der Waals surface area contributed by atoms with Gasteiger partial charge in [-0.3, -0.25) is 4.57 Å². The molecular formula is C10H8FOP. The standard InChI is InChI=1S/C10H8FOP/c11-13(12)10-6-5-8-3-1-2-4-9(8)7-10/h1-7,13H. The third-order valence-corrected chi connectivity index (χ3v) is 2.74. The van der Waals surface area contributed by atoms with E-state index < -0.39 is 8.11 Å². The molecular weight excluding hydrogens is 186 g/mol. The molecule has 1 atom stereocenters. The van der Waals surface area contributed by atoms with Gasteiger partial charge in [0.2, 0.25) is 0 Å². The summed E-state index contributed by atoms with van der Waals surface area (Å²) in [6.07, 6.45) is 0. The lowest BCUT2D eigenvalue weighted by atomic mass is 10.1.